The molecule has 0 spiro atoms. The number of amides is 1. The van der Waals surface area contributed by atoms with Crippen molar-refractivity contribution in [3.05, 3.63) is 47.6 Å². The third-order valence-electron chi connectivity index (χ3n) is 11.7. The number of nitrogens with zero attached hydrogens (tertiary/aromatic N) is 5. The Bertz CT molecular complexity index is 1550. The summed E-state index contributed by atoms with van der Waals surface area (Å²) in [4.78, 5) is 20.8. The van der Waals surface area contributed by atoms with Crippen LogP contribution in [0, 0.1) is 10.8 Å². The summed E-state index contributed by atoms with van der Waals surface area (Å²) < 4.78 is 22.1. The zero-order valence-corrected chi connectivity index (χ0v) is 26.1. The highest BCUT2D eigenvalue weighted by atomic mass is 19.1. The SMILES string of the molecule is Cn1nc(C23CCC(CN(C(=O)CC45CC(F)(C4)C5)c4cccc(-c5noc(C(C)(C)C)n5)c4)(CC2)CC3)cc1C1CC1. The first-order valence-electron chi connectivity index (χ1n) is 16.4. The average molecular weight is 586 g/mol. The molecule has 43 heavy (non-hydrogen) atoms. The number of benzene rings is 1. The predicted molar refractivity (Wildman–Crippen MR) is 163 cm³/mol. The number of hydrogen-bond donors (Lipinski definition) is 0. The summed E-state index contributed by atoms with van der Waals surface area (Å²) in [5.74, 6) is 1.95. The van der Waals surface area contributed by atoms with Crippen molar-refractivity contribution in [2.24, 2.45) is 17.9 Å². The van der Waals surface area contributed by atoms with Crippen LogP contribution in [0.1, 0.15) is 121 Å². The molecule has 1 amide bonds. The molecule has 7 nitrogen and oxygen atoms in total. The molecule has 4 bridgehead atoms. The van der Waals surface area contributed by atoms with Crippen LogP contribution in [0.2, 0.25) is 0 Å². The van der Waals surface area contributed by atoms with Crippen molar-refractivity contribution in [2.45, 2.75) is 120 Å². The number of aryl methyl sites for hydroxylation is 1. The Morgan fingerprint density at radius 2 is 1.74 bits per heavy atom. The van der Waals surface area contributed by atoms with Crippen LogP contribution in [0.15, 0.2) is 34.9 Å². The maximum absolute atomic E-state index is 14.4. The van der Waals surface area contributed by atoms with Gasteiger partial charge in [0, 0.05) is 53.7 Å². The second-order valence-corrected chi connectivity index (χ2v) is 16.2. The smallest absolute Gasteiger partial charge is 0.232 e. The van der Waals surface area contributed by atoms with Crippen molar-refractivity contribution in [2.75, 3.05) is 11.4 Å². The Hall–Kier alpha value is -3.03. The van der Waals surface area contributed by atoms with E-state index in [1.807, 2.05) is 29.2 Å². The monoisotopic (exact) mass is 585 g/mol. The first-order chi connectivity index (χ1) is 20.4. The Labute approximate surface area is 253 Å². The van der Waals surface area contributed by atoms with Crippen LogP contribution in [0.25, 0.3) is 11.4 Å². The number of fused-ring (bicyclic) bond motifs is 3. The lowest BCUT2D eigenvalue weighted by Crippen LogP contribution is -2.65. The van der Waals surface area contributed by atoms with E-state index >= 15 is 0 Å². The van der Waals surface area contributed by atoms with E-state index in [0.717, 1.165) is 49.8 Å². The normalized spacial score (nSPS) is 32.8. The summed E-state index contributed by atoms with van der Waals surface area (Å²) in [5.41, 5.74) is 3.30. The minimum atomic E-state index is -1.01. The highest BCUT2D eigenvalue weighted by molar-refractivity contribution is 5.94. The molecule has 0 radical (unpaired) electrons. The van der Waals surface area contributed by atoms with Gasteiger partial charge in [0.15, 0.2) is 0 Å². The van der Waals surface area contributed by atoms with E-state index in [9.17, 15) is 9.18 Å². The molecule has 0 saturated heterocycles. The van der Waals surface area contributed by atoms with Gasteiger partial charge in [0.1, 0.15) is 5.67 Å². The molecule has 7 aliphatic rings. The molecule has 1 aromatic carbocycles. The first-order valence-corrected chi connectivity index (χ1v) is 16.4. The second kappa shape index (κ2) is 9.01. The van der Waals surface area contributed by atoms with Gasteiger partial charge in [-0.25, -0.2) is 4.39 Å². The lowest BCUT2D eigenvalue weighted by molar-refractivity contribution is -0.215. The third kappa shape index (κ3) is 4.57. The molecule has 2 heterocycles. The number of anilines is 1. The zero-order valence-electron chi connectivity index (χ0n) is 26.1. The van der Waals surface area contributed by atoms with Crippen molar-refractivity contribution in [1.82, 2.24) is 19.9 Å². The molecule has 8 heteroatoms. The van der Waals surface area contributed by atoms with Crippen LogP contribution >= 0.6 is 0 Å². The number of aromatic nitrogens is 4. The van der Waals surface area contributed by atoms with Crippen LogP contribution in [-0.2, 0) is 22.7 Å². The van der Waals surface area contributed by atoms with Gasteiger partial charge in [0.05, 0.1) is 5.69 Å². The van der Waals surface area contributed by atoms with Gasteiger partial charge in [-0.3, -0.25) is 9.48 Å². The van der Waals surface area contributed by atoms with Crippen LogP contribution in [-0.4, -0.2) is 38.0 Å². The molecule has 10 rings (SSSR count). The first kappa shape index (κ1) is 27.5. The standard InChI is InChI=1S/C35H44FN5O2/c1-31(2,3)30-37-29(39-43-30)24-6-5-7-25(16-24)41(28(42)18-33-19-35(36,20-33)21-33)22-32-10-13-34(14-11-32,15-12-32)27-17-26(23-8-9-23)40(4)38-27/h5-7,16-17,23H,8-15,18-22H2,1-4H3. The van der Waals surface area contributed by atoms with Gasteiger partial charge in [-0.15, -0.1) is 0 Å². The van der Waals surface area contributed by atoms with Gasteiger partial charge < -0.3 is 9.42 Å². The molecule has 7 saturated carbocycles. The van der Waals surface area contributed by atoms with Gasteiger partial charge in [-0.1, -0.05) is 38.1 Å². The van der Waals surface area contributed by atoms with E-state index < -0.39 is 5.67 Å². The maximum atomic E-state index is 14.4. The average Bonchev–Trinajstić information content (AvgIpc) is 3.50. The van der Waals surface area contributed by atoms with E-state index in [2.05, 4.69) is 48.7 Å². The van der Waals surface area contributed by atoms with Gasteiger partial charge in [0.25, 0.3) is 0 Å². The van der Waals surface area contributed by atoms with Gasteiger partial charge in [-0.2, -0.15) is 10.1 Å². The maximum Gasteiger partial charge on any atom is 0.232 e. The summed E-state index contributed by atoms with van der Waals surface area (Å²) in [6, 6.07) is 10.4. The Kier molecular flexibility index (Phi) is 5.76. The van der Waals surface area contributed by atoms with E-state index in [0.29, 0.717) is 49.9 Å². The number of alkyl halides is 1. The zero-order chi connectivity index (χ0) is 29.8. The summed E-state index contributed by atoms with van der Waals surface area (Å²) in [7, 11) is 2.11. The Morgan fingerprint density at radius 1 is 1.05 bits per heavy atom. The van der Waals surface area contributed by atoms with Crippen molar-refractivity contribution >= 4 is 11.6 Å². The third-order valence-corrected chi connectivity index (χ3v) is 11.7. The van der Waals surface area contributed by atoms with Gasteiger partial charge in [0.2, 0.25) is 17.6 Å². The van der Waals surface area contributed by atoms with Crippen LogP contribution in [0.3, 0.4) is 0 Å². The highest BCUT2D eigenvalue weighted by Crippen LogP contribution is 2.71. The fourth-order valence-corrected chi connectivity index (χ4v) is 8.97. The van der Waals surface area contributed by atoms with Crippen molar-refractivity contribution in [3.8, 4) is 11.4 Å². The lowest BCUT2D eigenvalue weighted by Gasteiger charge is -2.66. The van der Waals surface area contributed by atoms with Gasteiger partial charge >= 0.3 is 0 Å². The van der Waals surface area contributed by atoms with Crippen LogP contribution in [0.4, 0.5) is 10.1 Å². The largest absolute Gasteiger partial charge is 0.338 e. The highest BCUT2D eigenvalue weighted by Gasteiger charge is 2.69. The summed E-state index contributed by atoms with van der Waals surface area (Å²) in [6.45, 7) is 6.86. The fourth-order valence-electron chi connectivity index (χ4n) is 8.97. The summed E-state index contributed by atoms with van der Waals surface area (Å²) in [6.07, 6.45) is 11.3. The number of halogens is 1. The number of rotatable bonds is 8. The molecule has 7 fully saturated rings. The van der Waals surface area contributed by atoms with Gasteiger partial charge in [-0.05, 0) is 99.7 Å². The second-order valence-electron chi connectivity index (χ2n) is 16.2. The van der Waals surface area contributed by atoms with Crippen molar-refractivity contribution < 1.29 is 13.7 Å². The quantitative estimate of drug-likeness (QED) is 0.273. The molecule has 0 aliphatic heterocycles. The molecule has 0 atom stereocenters. The van der Waals surface area contributed by atoms with Crippen LogP contribution in [0.5, 0.6) is 0 Å². The van der Waals surface area contributed by atoms with Crippen molar-refractivity contribution in [1.29, 1.82) is 0 Å². The lowest BCUT2D eigenvalue weighted by atomic mass is 9.41. The number of hydrogen-bond acceptors (Lipinski definition) is 5. The fraction of sp³-hybridized carbons (Fsp3) is 0.657. The molecular formula is C35H44FN5O2. The minimum Gasteiger partial charge on any atom is -0.338 e. The summed E-state index contributed by atoms with van der Waals surface area (Å²) in [5, 5.41) is 9.31. The Balaban J connectivity index is 1.06. The molecule has 228 valence electrons. The van der Waals surface area contributed by atoms with E-state index in [4.69, 9.17) is 9.62 Å². The Morgan fingerprint density at radius 3 is 2.35 bits per heavy atom. The minimum absolute atomic E-state index is 0.0911. The molecule has 3 aromatic rings. The summed E-state index contributed by atoms with van der Waals surface area (Å²) >= 11 is 0. The molecule has 7 aliphatic carbocycles. The number of carbonyl (C=O) groups is 1. The van der Waals surface area contributed by atoms with E-state index in [1.165, 1.54) is 24.2 Å². The topological polar surface area (TPSA) is 77.0 Å². The number of carbonyl (C=O) groups excluding carboxylic acids is 1. The molecule has 0 unspecified atom stereocenters. The predicted octanol–water partition coefficient (Wildman–Crippen LogP) is 7.55. The molecule has 0 N–H and O–H groups in total. The van der Waals surface area contributed by atoms with Crippen LogP contribution < -0.4 is 4.90 Å². The van der Waals surface area contributed by atoms with E-state index in [-0.39, 0.29) is 27.6 Å². The molecular weight excluding hydrogens is 541 g/mol. The molecule has 2 aromatic heterocycles. The van der Waals surface area contributed by atoms with E-state index in [1.54, 1.807) is 0 Å². The van der Waals surface area contributed by atoms with Crippen molar-refractivity contribution in [3.63, 3.8) is 0 Å².